The van der Waals surface area contributed by atoms with Crippen LogP contribution >= 0.6 is 0 Å². The number of amides is 1. The lowest BCUT2D eigenvalue weighted by Gasteiger charge is -2.16. The third kappa shape index (κ3) is 2.84. The summed E-state index contributed by atoms with van der Waals surface area (Å²) in [4.78, 5) is 14.0. The fraction of sp³-hybridized carbons (Fsp3) is 0.133. The Hall–Kier alpha value is -2.89. The topological polar surface area (TPSA) is 66.8 Å². The summed E-state index contributed by atoms with van der Waals surface area (Å²) in [6.45, 7) is 0.524. The van der Waals surface area contributed by atoms with E-state index >= 15 is 0 Å². The fourth-order valence-corrected chi connectivity index (χ4v) is 2.11. The number of rotatable bonds is 4. The molecular formula is C15H15N5O. The van der Waals surface area contributed by atoms with Crippen LogP contribution in [0.1, 0.15) is 15.9 Å². The summed E-state index contributed by atoms with van der Waals surface area (Å²) in [5.41, 5.74) is 2.55. The maximum Gasteiger partial charge on any atom is 0.253 e. The molecule has 1 N–H and O–H groups in total. The van der Waals surface area contributed by atoms with Gasteiger partial charge in [-0.2, -0.15) is 10.2 Å². The highest BCUT2D eigenvalue weighted by Gasteiger charge is 2.12. The van der Waals surface area contributed by atoms with Gasteiger partial charge in [0.25, 0.3) is 5.91 Å². The normalized spacial score (nSPS) is 10.5. The van der Waals surface area contributed by atoms with Gasteiger partial charge in [-0.25, -0.2) is 4.68 Å². The van der Waals surface area contributed by atoms with Crippen molar-refractivity contribution >= 4 is 5.91 Å². The highest BCUT2D eigenvalue weighted by atomic mass is 16.2. The second kappa shape index (κ2) is 5.62. The molecular weight excluding hydrogens is 266 g/mol. The third-order valence-corrected chi connectivity index (χ3v) is 3.20. The largest absolute Gasteiger partial charge is 0.337 e. The average Bonchev–Trinajstić information content (AvgIpc) is 3.20. The van der Waals surface area contributed by atoms with E-state index in [0.29, 0.717) is 12.1 Å². The molecule has 0 aliphatic rings. The molecule has 0 saturated carbocycles. The average molecular weight is 281 g/mol. The summed E-state index contributed by atoms with van der Waals surface area (Å²) in [5.74, 6) is -0.0248. The number of benzene rings is 1. The van der Waals surface area contributed by atoms with E-state index in [-0.39, 0.29) is 5.91 Å². The first kappa shape index (κ1) is 13.1. The van der Waals surface area contributed by atoms with E-state index in [4.69, 9.17) is 0 Å². The predicted octanol–water partition coefficient (Wildman–Crippen LogP) is 1.87. The number of hydrogen-bond acceptors (Lipinski definition) is 3. The SMILES string of the molecule is CN(Cc1cn[nH]c1)C(=O)c1ccc(-n2cccn2)cc1. The summed E-state index contributed by atoms with van der Waals surface area (Å²) >= 11 is 0. The van der Waals surface area contributed by atoms with E-state index in [1.807, 2.05) is 36.5 Å². The molecule has 21 heavy (non-hydrogen) atoms. The van der Waals surface area contributed by atoms with Crippen LogP contribution < -0.4 is 0 Å². The molecule has 2 heterocycles. The smallest absolute Gasteiger partial charge is 0.253 e. The van der Waals surface area contributed by atoms with Crippen molar-refractivity contribution in [2.75, 3.05) is 7.05 Å². The number of hydrogen-bond donors (Lipinski definition) is 1. The Morgan fingerprint density at radius 1 is 1.33 bits per heavy atom. The number of nitrogens with one attached hydrogen (secondary N) is 1. The van der Waals surface area contributed by atoms with Crippen molar-refractivity contribution in [2.45, 2.75) is 6.54 Å². The molecule has 0 unspecified atom stereocenters. The van der Waals surface area contributed by atoms with Gasteiger partial charge in [0.05, 0.1) is 11.9 Å². The van der Waals surface area contributed by atoms with E-state index < -0.39 is 0 Å². The minimum atomic E-state index is -0.0248. The minimum Gasteiger partial charge on any atom is -0.337 e. The minimum absolute atomic E-state index is 0.0248. The molecule has 1 amide bonds. The Labute approximate surface area is 122 Å². The van der Waals surface area contributed by atoms with Crippen molar-refractivity contribution < 1.29 is 4.79 Å². The number of aromatic nitrogens is 4. The van der Waals surface area contributed by atoms with Crippen LogP contribution in [0, 0.1) is 0 Å². The standard InChI is InChI=1S/C15H15N5O/c1-19(11-12-9-16-17-10-12)15(21)13-3-5-14(6-4-13)20-8-2-7-18-20/h2-10H,11H2,1H3,(H,16,17). The molecule has 0 atom stereocenters. The van der Waals surface area contributed by atoms with Gasteiger partial charge in [-0.15, -0.1) is 0 Å². The fourth-order valence-electron chi connectivity index (χ4n) is 2.11. The molecule has 0 aliphatic heterocycles. The Morgan fingerprint density at radius 2 is 2.14 bits per heavy atom. The van der Waals surface area contributed by atoms with Gasteiger partial charge in [0.15, 0.2) is 0 Å². The third-order valence-electron chi connectivity index (χ3n) is 3.20. The van der Waals surface area contributed by atoms with E-state index in [1.165, 1.54) is 0 Å². The van der Waals surface area contributed by atoms with Crippen molar-refractivity contribution in [3.05, 3.63) is 66.2 Å². The van der Waals surface area contributed by atoms with Crippen LogP contribution in [0.2, 0.25) is 0 Å². The van der Waals surface area contributed by atoms with Crippen LogP contribution in [0.25, 0.3) is 5.69 Å². The number of carbonyl (C=O) groups excluding carboxylic acids is 1. The van der Waals surface area contributed by atoms with Crippen molar-refractivity contribution in [2.24, 2.45) is 0 Å². The molecule has 6 heteroatoms. The van der Waals surface area contributed by atoms with Gasteiger partial charge in [-0.05, 0) is 30.3 Å². The summed E-state index contributed by atoms with van der Waals surface area (Å²) in [6.07, 6.45) is 7.08. The molecule has 1 aromatic carbocycles. The first-order valence-corrected chi connectivity index (χ1v) is 6.57. The van der Waals surface area contributed by atoms with Crippen LogP contribution in [0.15, 0.2) is 55.1 Å². The van der Waals surface area contributed by atoms with Gasteiger partial charge in [-0.3, -0.25) is 9.89 Å². The Morgan fingerprint density at radius 3 is 2.76 bits per heavy atom. The van der Waals surface area contributed by atoms with Crippen LogP contribution in [0.4, 0.5) is 0 Å². The highest BCUT2D eigenvalue weighted by molar-refractivity contribution is 5.94. The number of nitrogens with zero attached hydrogens (tertiary/aromatic N) is 4. The first-order valence-electron chi connectivity index (χ1n) is 6.57. The lowest BCUT2D eigenvalue weighted by atomic mass is 10.2. The van der Waals surface area contributed by atoms with Crippen molar-refractivity contribution in [1.29, 1.82) is 0 Å². The highest BCUT2D eigenvalue weighted by Crippen LogP contribution is 2.11. The predicted molar refractivity (Wildman–Crippen MR) is 77.9 cm³/mol. The molecule has 0 fully saturated rings. The van der Waals surface area contributed by atoms with E-state index in [1.54, 1.807) is 35.2 Å². The van der Waals surface area contributed by atoms with Gasteiger partial charge in [0, 0.05) is 43.3 Å². The Bertz CT molecular complexity index is 701. The molecule has 0 aliphatic carbocycles. The van der Waals surface area contributed by atoms with E-state index in [0.717, 1.165) is 11.3 Å². The Balaban J connectivity index is 1.72. The summed E-state index contributed by atoms with van der Waals surface area (Å²) < 4.78 is 1.75. The van der Waals surface area contributed by atoms with E-state index in [9.17, 15) is 4.79 Å². The zero-order chi connectivity index (χ0) is 14.7. The molecule has 0 spiro atoms. The number of H-pyrrole nitrogens is 1. The monoisotopic (exact) mass is 281 g/mol. The zero-order valence-electron chi connectivity index (χ0n) is 11.6. The van der Waals surface area contributed by atoms with Gasteiger partial charge in [0.2, 0.25) is 0 Å². The van der Waals surface area contributed by atoms with Crippen molar-refractivity contribution in [1.82, 2.24) is 24.9 Å². The molecule has 3 aromatic rings. The molecule has 0 bridgehead atoms. The summed E-state index contributed by atoms with van der Waals surface area (Å²) in [5, 5.41) is 10.8. The first-order chi connectivity index (χ1) is 10.2. The van der Waals surface area contributed by atoms with Crippen LogP contribution in [-0.2, 0) is 6.54 Å². The van der Waals surface area contributed by atoms with Gasteiger partial charge in [0.1, 0.15) is 0 Å². The second-order valence-corrected chi connectivity index (χ2v) is 4.77. The molecule has 3 rings (SSSR count). The van der Waals surface area contributed by atoms with Gasteiger partial charge in [-0.1, -0.05) is 0 Å². The Kier molecular flexibility index (Phi) is 3.51. The van der Waals surface area contributed by atoms with Crippen LogP contribution in [0.3, 0.4) is 0 Å². The van der Waals surface area contributed by atoms with Crippen molar-refractivity contribution in [3.8, 4) is 5.69 Å². The number of carbonyl (C=O) groups is 1. The molecule has 0 radical (unpaired) electrons. The molecule has 6 nitrogen and oxygen atoms in total. The molecule has 0 saturated heterocycles. The van der Waals surface area contributed by atoms with Crippen LogP contribution in [-0.4, -0.2) is 37.8 Å². The summed E-state index contributed by atoms with van der Waals surface area (Å²) in [6, 6.07) is 9.24. The van der Waals surface area contributed by atoms with Gasteiger partial charge < -0.3 is 4.90 Å². The zero-order valence-corrected chi connectivity index (χ0v) is 11.6. The number of aromatic amines is 1. The lowest BCUT2D eigenvalue weighted by molar-refractivity contribution is 0.0785. The molecule has 2 aromatic heterocycles. The summed E-state index contributed by atoms with van der Waals surface area (Å²) in [7, 11) is 1.77. The van der Waals surface area contributed by atoms with Crippen molar-refractivity contribution in [3.63, 3.8) is 0 Å². The van der Waals surface area contributed by atoms with E-state index in [2.05, 4.69) is 15.3 Å². The second-order valence-electron chi connectivity index (χ2n) is 4.77. The maximum atomic E-state index is 12.3. The van der Waals surface area contributed by atoms with Crippen LogP contribution in [0.5, 0.6) is 0 Å². The lowest BCUT2D eigenvalue weighted by Crippen LogP contribution is -2.26. The quantitative estimate of drug-likeness (QED) is 0.794. The maximum absolute atomic E-state index is 12.3. The van der Waals surface area contributed by atoms with Gasteiger partial charge >= 0.3 is 0 Å². The molecule has 106 valence electrons.